The molecule has 4 atom stereocenters. The van der Waals surface area contributed by atoms with Gasteiger partial charge in [0.2, 0.25) is 12.5 Å². The first-order chi connectivity index (χ1) is 16.4. The third kappa shape index (κ3) is 3.63. The van der Waals surface area contributed by atoms with Gasteiger partial charge in [-0.05, 0) is 41.0 Å². The summed E-state index contributed by atoms with van der Waals surface area (Å²) in [7, 11) is 6.87. The number of benzene rings is 2. The number of carbonyl (C=O) groups is 2. The topological polar surface area (TPSA) is 119 Å². The summed E-state index contributed by atoms with van der Waals surface area (Å²) in [6.07, 6.45) is -1.35. The highest BCUT2D eigenvalue weighted by Crippen LogP contribution is 2.54. The fraction of sp³-hybridized carbons (Fsp3) is 0.417. The number of ether oxygens (including phenoxy) is 7. The molecule has 1 heterocycles. The first kappa shape index (κ1) is 23.5. The van der Waals surface area contributed by atoms with E-state index in [0.29, 0.717) is 45.4 Å². The van der Waals surface area contributed by atoms with Crippen molar-refractivity contribution < 1.29 is 47.9 Å². The second-order valence-corrected chi connectivity index (χ2v) is 7.81. The van der Waals surface area contributed by atoms with Crippen LogP contribution >= 0.6 is 0 Å². The summed E-state index contributed by atoms with van der Waals surface area (Å²) in [4.78, 5) is 26.0. The van der Waals surface area contributed by atoms with Crippen LogP contribution in [0.3, 0.4) is 0 Å². The van der Waals surface area contributed by atoms with E-state index in [2.05, 4.69) is 0 Å². The summed E-state index contributed by atoms with van der Waals surface area (Å²) in [5.74, 6) is -2.55. The van der Waals surface area contributed by atoms with Gasteiger partial charge in [0.05, 0.1) is 47.6 Å². The molecule has 4 rings (SSSR count). The Hall–Kier alpha value is -3.66. The van der Waals surface area contributed by atoms with Crippen LogP contribution in [0.2, 0.25) is 0 Å². The molecule has 2 aliphatic rings. The Bertz CT molecular complexity index is 1090. The SMILES string of the molecule is COC(=O)[C@@H]1[C@@H](c2cc(OC)c(OC)c(OC)c2)c2cc3c(cc2[C@H](O)[C@H]1C(=O)OC)OCO3. The highest BCUT2D eigenvalue weighted by atomic mass is 16.7. The van der Waals surface area contributed by atoms with Crippen molar-refractivity contribution in [2.45, 2.75) is 12.0 Å². The summed E-state index contributed by atoms with van der Waals surface area (Å²) in [6.45, 7) is 0.0179. The van der Waals surface area contributed by atoms with E-state index in [-0.39, 0.29) is 6.79 Å². The molecule has 0 bridgehead atoms. The van der Waals surface area contributed by atoms with Crippen molar-refractivity contribution in [1.82, 2.24) is 0 Å². The minimum absolute atomic E-state index is 0.0179. The predicted molar refractivity (Wildman–Crippen MR) is 116 cm³/mol. The molecule has 0 radical (unpaired) electrons. The monoisotopic (exact) mass is 474 g/mol. The minimum atomic E-state index is -1.35. The van der Waals surface area contributed by atoms with Crippen molar-refractivity contribution in [2.75, 3.05) is 42.3 Å². The molecule has 0 fully saturated rings. The summed E-state index contributed by atoms with van der Waals surface area (Å²) in [5.41, 5.74) is 1.56. The average molecular weight is 474 g/mol. The molecule has 0 saturated heterocycles. The number of methoxy groups -OCH3 is 5. The molecule has 1 N–H and O–H groups in total. The number of aliphatic hydroxyl groups excluding tert-OH is 1. The number of esters is 2. The van der Waals surface area contributed by atoms with Crippen LogP contribution in [0.1, 0.15) is 28.7 Å². The van der Waals surface area contributed by atoms with Crippen LogP contribution in [0.15, 0.2) is 24.3 Å². The van der Waals surface area contributed by atoms with Gasteiger partial charge in [-0.25, -0.2) is 0 Å². The quantitative estimate of drug-likeness (QED) is 0.624. The van der Waals surface area contributed by atoms with Crippen LogP contribution < -0.4 is 23.7 Å². The van der Waals surface area contributed by atoms with Gasteiger partial charge in [-0.2, -0.15) is 0 Å². The molecule has 34 heavy (non-hydrogen) atoms. The molecule has 0 aromatic heterocycles. The van der Waals surface area contributed by atoms with Crippen molar-refractivity contribution in [2.24, 2.45) is 11.8 Å². The lowest BCUT2D eigenvalue weighted by molar-refractivity contribution is -0.164. The van der Waals surface area contributed by atoms with Crippen LogP contribution in [-0.2, 0) is 19.1 Å². The van der Waals surface area contributed by atoms with Crippen molar-refractivity contribution in [1.29, 1.82) is 0 Å². The Morgan fingerprint density at radius 3 is 1.82 bits per heavy atom. The normalized spacial score (nSPS) is 22.4. The van der Waals surface area contributed by atoms with Crippen LogP contribution in [-0.4, -0.2) is 59.4 Å². The third-order valence-electron chi connectivity index (χ3n) is 6.31. The fourth-order valence-electron chi connectivity index (χ4n) is 4.79. The van der Waals surface area contributed by atoms with E-state index in [4.69, 9.17) is 33.2 Å². The fourth-order valence-corrected chi connectivity index (χ4v) is 4.79. The van der Waals surface area contributed by atoms with Gasteiger partial charge in [0, 0.05) is 5.92 Å². The lowest BCUT2D eigenvalue weighted by atomic mass is 9.65. The minimum Gasteiger partial charge on any atom is -0.493 e. The second-order valence-electron chi connectivity index (χ2n) is 7.81. The number of hydrogen-bond acceptors (Lipinski definition) is 10. The second kappa shape index (κ2) is 9.30. The van der Waals surface area contributed by atoms with E-state index < -0.39 is 35.8 Å². The van der Waals surface area contributed by atoms with Gasteiger partial charge >= 0.3 is 11.9 Å². The lowest BCUT2D eigenvalue weighted by Gasteiger charge is -2.40. The lowest BCUT2D eigenvalue weighted by Crippen LogP contribution is -2.43. The van der Waals surface area contributed by atoms with Crippen LogP contribution in [0.25, 0.3) is 0 Å². The van der Waals surface area contributed by atoms with Gasteiger partial charge in [-0.15, -0.1) is 0 Å². The number of aliphatic hydroxyl groups is 1. The average Bonchev–Trinajstić information content (AvgIpc) is 3.33. The van der Waals surface area contributed by atoms with E-state index in [1.54, 1.807) is 24.3 Å². The van der Waals surface area contributed by atoms with Gasteiger partial charge in [-0.3, -0.25) is 9.59 Å². The summed E-state index contributed by atoms with van der Waals surface area (Å²) >= 11 is 0. The largest absolute Gasteiger partial charge is 0.493 e. The number of hydrogen-bond donors (Lipinski definition) is 1. The molecular weight excluding hydrogens is 448 g/mol. The Labute approximate surface area is 196 Å². The zero-order valence-corrected chi connectivity index (χ0v) is 19.4. The first-order valence-corrected chi connectivity index (χ1v) is 10.5. The molecular formula is C24H26O10. The van der Waals surface area contributed by atoms with Crippen molar-refractivity contribution in [3.05, 3.63) is 41.0 Å². The molecule has 10 nitrogen and oxygen atoms in total. The number of carbonyl (C=O) groups excluding carboxylic acids is 2. The molecule has 0 saturated carbocycles. The van der Waals surface area contributed by atoms with Crippen LogP contribution in [0.4, 0.5) is 0 Å². The highest BCUT2D eigenvalue weighted by molar-refractivity contribution is 5.85. The molecule has 1 aliphatic heterocycles. The Balaban J connectivity index is 2.03. The Kier molecular flexibility index (Phi) is 6.43. The maximum atomic E-state index is 13.1. The molecule has 10 heteroatoms. The molecule has 0 unspecified atom stereocenters. The smallest absolute Gasteiger partial charge is 0.312 e. The standard InChI is InChI=1S/C24H26O10/c1-28-16-6-11(7-17(29-2)22(16)30-3)18-12-8-14-15(34-10-33-14)9-13(12)21(25)20(24(27)32-5)19(18)23(26)31-4/h6-9,18-21,25H,10H2,1-5H3/t18-,19+,20-,21-/m0/s1. The third-order valence-corrected chi connectivity index (χ3v) is 6.31. The Morgan fingerprint density at radius 1 is 0.794 bits per heavy atom. The van der Waals surface area contributed by atoms with E-state index in [0.717, 1.165) is 0 Å². The molecule has 0 amide bonds. The summed E-state index contributed by atoms with van der Waals surface area (Å²) in [6, 6.07) is 6.72. The molecule has 1 aliphatic carbocycles. The first-order valence-electron chi connectivity index (χ1n) is 10.5. The van der Waals surface area contributed by atoms with Gasteiger partial charge in [0.25, 0.3) is 0 Å². The van der Waals surface area contributed by atoms with Gasteiger partial charge in [0.15, 0.2) is 23.0 Å². The van der Waals surface area contributed by atoms with Crippen molar-refractivity contribution in [3.8, 4) is 28.7 Å². The molecule has 182 valence electrons. The predicted octanol–water partition coefficient (Wildman–Crippen LogP) is 2.20. The molecule has 2 aromatic carbocycles. The van der Waals surface area contributed by atoms with E-state index in [1.165, 1.54) is 35.5 Å². The van der Waals surface area contributed by atoms with Gasteiger partial charge in [0.1, 0.15) is 5.92 Å². The van der Waals surface area contributed by atoms with E-state index in [1.807, 2.05) is 0 Å². The molecule has 0 spiro atoms. The van der Waals surface area contributed by atoms with E-state index >= 15 is 0 Å². The number of rotatable bonds is 6. The zero-order valence-electron chi connectivity index (χ0n) is 19.4. The number of fused-ring (bicyclic) bond motifs is 2. The van der Waals surface area contributed by atoms with Crippen LogP contribution in [0, 0.1) is 11.8 Å². The Morgan fingerprint density at radius 2 is 1.32 bits per heavy atom. The summed E-state index contributed by atoms with van der Waals surface area (Å²) in [5, 5.41) is 11.2. The summed E-state index contributed by atoms with van der Waals surface area (Å²) < 4.78 is 37.5. The van der Waals surface area contributed by atoms with E-state index in [9.17, 15) is 14.7 Å². The van der Waals surface area contributed by atoms with Crippen molar-refractivity contribution >= 4 is 11.9 Å². The molecule has 2 aromatic rings. The zero-order chi connectivity index (χ0) is 24.6. The maximum absolute atomic E-state index is 13.1. The maximum Gasteiger partial charge on any atom is 0.312 e. The van der Waals surface area contributed by atoms with Gasteiger partial charge < -0.3 is 38.3 Å². The van der Waals surface area contributed by atoms with Crippen molar-refractivity contribution in [3.63, 3.8) is 0 Å². The van der Waals surface area contributed by atoms with Gasteiger partial charge in [-0.1, -0.05) is 0 Å². The van der Waals surface area contributed by atoms with Crippen LogP contribution in [0.5, 0.6) is 28.7 Å². The highest BCUT2D eigenvalue weighted by Gasteiger charge is 2.52.